The zero-order valence-electron chi connectivity index (χ0n) is 7.65. The fourth-order valence-corrected chi connectivity index (χ4v) is 1.24. The van der Waals surface area contributed by atoms with E-state index < -0.39 is 0 Å². The number of H-pyrrole nitrogens is 1. The van der Waals surface area contributed by atoms with E-state index in [-0.39, 0.29) is 12.1 Å². The van der Waals surface area contributed by atoms with Gasteiger partial charge < -0.3 is 10.1 Å². The molecule has 0 radical (unpaired) electrons. The van der Waals surface area contributed by atoms with E-state index in [2.05, 4.69) is 20.5 Å². The van der Waals surface area contributed by atoms with Crippen molar-refractivity contribution in [3.05, 3.63) is 18.1 Å². The normalized spacial score (nSPS) is 23.9. The van der Waals surface area contributed by atoms with Crippen LogP contribution in [0.15, 0.2) is 18.1 Å². The van der Waals surface area contributed by atoms with Gasteiger partial charge in [-0.2, -0.15) is 10.1 Å². The summed E-state index contributed by atoms with van der Waals surface area (Å²) in [5.41, 5.74) is 0.619. The molecule has 1 atom stereocenters. The lowest BCUT2D eigenvalue weighted by molar-refractivity contribution is -0.138. The minimum Gasteiger partial charge on any atom is -0.459 e. The van der Waals surface area contributed by atoms with Crippen LogP contribution in [0, 0.1) is 0 Å². The number of esters is 1. The van der Waals surface area contributed by atoms with Gasteiger partial charge in [0.2, 0.25) is 5.95 Å². The first-order valence-electron chi connectivity index (χ1n) is 4.27. The molecule has 74 valence electrons. The van der Waals surface area contributed by atoms with Gasteiger partial charge in [-0.05, 0) is 6.92 Å². The molecule has 0 bridgehead atoms. The molecule has 1 aromatic heterocycles. The smallest absolute Gasteiger partial charge is 0.335 e. The van der Waals surface area contributed by atoms with E-state index in [0.29, 0.717) is 17.9 Å². The molecule has 14 heavy (non-hydrogen) atoms. The molecule has 6 heteroatoms. The lowest BCUT2D eigenvalue weighted by Crippen LogP contribution is -2.00. The van der Waals surface area contributed by atoms with Crippen molar-refractivity contribution in [2.75, 3.05) is 5.32 Å². The molecule has 0 amide bonds. The van der Waals surface area contributed by atoms with Gasteiger partial charge in [-0.15, -0.1) is 0 Å². The lowest BCUT2D eigenvalue weighted by Gasteiger charge is -1.94. The van der Waals surface area contributed by atoms with E-state index in [0.717, 1.165) is 0 Å². The average Bonchev–Trinajstić information content (AvgIpc) is 2.72. The Morgan fingerprint density at radius 2 is 2.64 bits per heavy atom. The third-order valence-electron chi connectivity index (χ3n) is 1.88. The van der Waals surface area contributed by atoms with Gasteiger partial charge in [0, 0.05) is 12.6 Å². The Bertz CT molecular complexity index is 357. The third-order valence-corrected chi connectivity index (χ3v) is 1.88. The summed E-state index contributed by atoms with van der Waals surface area (Å²) in [4.78, 5) is 15.0. The topological polar surface area (TPSA) is 79.9 Å². The van der Waals surface area contributed by atoms with Crippen LogP contribution in [0.3, 0.4) is 0 Å². The maximum absolute atomic E-state index is 11.2. The minimum absolute atomic E-state index is 0.0368. The maximum Gasteiger partial charge on any atom is 0.335 e. The minimum atomic E-state index is -0.274. The van der Waals surface area contributed by atoms with Crippen LogP contribution in [0.5, 0.6) is 0 Å². The van der Waals surface area contributed by atoms with Crippen molar-refractivity contribution in [3.63, 3.8) is 0 Å². The van der Waals surface area contributed by atoms with Crippen molar-refractivity contribution < 1.29 is 9.53 Å². The summed E-state index contributed by atoms with van der Waals surface area (Å²) in [6, 6.07) is 0. The predicted molar refractivity (Wildman–Crippen MR) is 48.3 cm³/mol. The van der Waals surface area contributed by atoms with Gasteiger partial charge in [0.15, 0.2) is 0 Å². The van der Waals surface area contributed by atoms with E-state index in [1.165, 1.54) is 6.33 Å². The number of ether oxygens (including phenoxy) is 1. The summed E-state index contributed by atoms with van der Waals surface area (Å²) < 4.78 is 4.95. The molecule has 2 N–H and O–H groups in total. The summed E-state index contributed by atoms with van der Waals surface area (Å²) >= 11 is 0. The van der Waals surface area contributed by atoms with Crippen molar-refractivity contribution in [1.29, 1.82) is 0 Å². The highest BCUT2D eigenvalue weighted by atomic mass is 16.5. The molecule has 1 aliphatic heterocycles. The van der Waals surface area contributed by atoms with Crippen LogP contribution in [-0.2, 0) is 9.53 Å². The zero-order valence-corrected chi connectivity index (χ0v) is 7.65. The van der Waals surface area contributed by atoms with Crippen LogP contribution in [-0.4, -0.2) is 27.3 Å². The van der Waals surface area contributed by atoms with Gasteiger partial charge in [-0.3, -0.25) is 0 Å². The number of aromatic nitrogens is 3. The van der Waals surface area contributed by atoms with E-state index >= 15 is 0 Å². The molecule has 1 aromatic rings. The molecule has 0 aliphatic carbocycles. The van der Waals surface area contributed by atoms with E-state index in [9.17, 15) is 4.79 Å². The first-order valence-corrected chi connectivity index (χ1v) is 4.27. The summed E-state index contributed by atoms with van der Waals surface area (Å²) in [6.45, 7) is 1.85. The van der Waals surface area contributed by atoms with Crippen LogP contribution in [0.1, 0.15) is 13.3 Å². The second kappa shape index (κ2) is 3.49. The Balaban J connectivity index is 2.02. The molecule has 0 saturated carbocycles. The van der Waals surface area contributed by atoms with Gasteiger partial charge in [0.25, 0.3) is 0 Å². The zero-order chi connectivity index (χ0) is 9.97. The Morgan fingerprint density at radius 1 is 1.79 bits per heavy atom. The number of nitrogens with zero attached hydrogens (tertiary/aromatic N) is 2. The fraction of sp³-hybridized carbons (Fsp3) is 0.375. The Kier molecular flexibility index (Phi) is 2.18. The van der Waals surface area contributed by atoms with Crippen LogP contribution in [0.2, 0.25) is 0 Å². The number of carbonyl (C=O) groups excluding carboxylic acids is 1. The van der Waals surface area contributed by atoms with Crippen LogP contribution in [0.4, 0.5) is 5.95 Å². The average molecular weight is 194 g/mol. The van der Waals surface area contributed by atoms with Gasteiger partial charge in [-0.25, -0.2) is 9.89 Å². The lowest BCUT2D eigenvalue weighted by atomic mass is 10.2. The second-order valence-electron chi connectivity index (χ2n) is 3.07. The van der Waals surface area contributed by atoms with Gasteiger partial charge in [-0.1, -0.05) is 0 Å². The largest absolute Gasteiger partial charge is 0.459 e. The molecule has 0 aromatic carbocycles. The summed E-state index contributed by atoms with van der Waals surface area (Å²) in [7, 11) is 0. The molecule has 6 nitrogen and oxygen atoms in total. The number of anilines is 1. The number of rotatable bonds is 2. The second-order valence-corrected chi connectivity index (χ2v) is 3.07. The Hall–Kier alpha value is -1.85. The molecular formula is C8H10N4O2. The molecule has 1 fully saturated rings. The van der Waals surface area contributed by atoms with Gasteiger partial charge >= 0.3 is 5.97 Å². The van der Waals surface area contributed by atoms with E-state index in [1.54, 1.807) is 6.20 Å². The molecule has 0 spiro atoms. The third kappa shape index (κ3) is 1.73. The number of hydrogen-bond acceptors (Lipinski definition) is 5. The van der Waals surface area contributed by atoms with Gasteiger partial charge in [0.1, 0.15) is 12.4 Å². The fourth-order valence-electron chi connectivity index (χ4n) is 1.24. The monoisotopic (exact) mass is 194 g/mol. The first-order chi connectivity index (χ1) is 6.75. The highest BCUT2D eigenvalue weighted by Gasteiger charge is 2.25. The van der Waals surface area contributed by atoms with Crippen LogP contribution in [0.25, 0.3) is 0 Å². The summed E-state index contributed by atoms with van der Waals surface area (Å²) in [5, 5.41) is 9.10. The number of cyclic esters (lactones) is 1. The van der Waals surface area contributed by atoms with Crippen molar-refractivity contribution >= 4 is 11.9 Å². The van der Waals surface area contributed by atoms with E-state index in [1.807, 2.05) is 6.92 Å². The molecule has 1 saturated heterocycles. The van der Waals surface area contributed by atoms with Crippen molar-refractivity contribution in [1.82, 2.24) is 15.2 Å². The molecule has 1 aliphatic rings. The quantitative estimate of drug-likeness (QED) is 0.527. The summed E-state index contributed by atoms with van der Waals surface area (Å²) in [5.74, 6) is 0.231. The standard InChI is InChI=1S/C8H10N4O2/c1-5-2-6(7(13)14-5)3-9-8-10-4-11-12-8/h3-5H,2H2,1H3,(H2,9,10,11,12)/b6-3-/t5-/m1/s1. The first kappa shape index (κ1) is 8.74. The van der Waals surface area contributed by atoms with Crippen molar-refractivity contribution in [3.8, 4) is 0 Å². The maximum atomic E-state index is 11.2. The highest BCUT2D eigenvalue weighted by Crippen LogP contribution is 2.19. The number of hydrogen-bond donors (Lipinski definition) is 2. The predicted octanol–water partition coefficient (Wildman–Crippen LogP) is 0.436. The molecule has 0 unspecified atom stereocenters. The molecule has 2 heterocycles. The SMILES string of the molecule is C[C@@H]1C/C(=C/Nc2ncn[nH]2)C(=O)O1. The van der Waals surface area contributed by atoms with Crippen LogP contribution >= 0.6 is 0 Å². The number of carbonyl (C=O) groups is 1. The number of nitrogens with one attached hydrogen (secondary N) is 2. The Labute approximate surface area is 80.4 Å². The van der Waals surface area contributed by atoms with E-state index in [4.69, 9.17) is 4.74 Å². The molecule has 2 rings (SSSR count). The Morgan fingerprint density at radius 3 is 3.21 bits per heavy atom. The van der Waals surface area contributed by atoms with Crippen molar-refractivity contribution in [2.24, 2.45) is 0 Å². The van der Waals surface area contributed by atoms with Crippen molar-refractivity contribution in [2.45, 2.75) is 19.4 Å². The molecular weight excluding hydrogens is 184 g/mol. The number of aromatic amines is 1. The highest BCUT2D eigenvalue weighted by molar-refractivity contribution is 5.90. The summed E-state index contributed by atoms with van der Waals surface area (Å²) in [6.07, 6.45) is 3.56. The van der Waals surface area contributed by atoms with Crippen LogP contribution < -0.4 is 5.32 Å². The van der Waals surface area contributed by atoms with Gasteiger partial charge in [0.05, 0.1) is 5.57 Å².